The number of nitrogens with zero attached hydrogens (tertiary/aromatic N) is 1. The summed E-state index contributed by atoms with van der Waals surface area (Å²) in [5.74, 6) is -0.850. The van der Waals surface area contributed by atoms with Crippen molar-refractivity contribution in [1.82, 2.24) is 10.3 Å². The molecule has 0 fully saturated rings. The van der Waals surface area contributed by atoms with Crippen molar-refractivity contribution in [2.24, 2.45) is 0 Å². The van der Waals surface area contributed by atoms with Crippen molar-refractivity contribution in [3.05, 3.63) is 120 Å². The van der Waals surface area contributed by atoms with Crippen LogP contribution < -0.4 is 5.32 Å². The summed E-state index contributed by atoms with van der Waals surface area (Å²) in [6.45, 7) is 0.593. The van der Waals surface area contributed by atoms with Crippen molar-refractivity contribution in [3.8, 4) is 0 Å². The van der Waals surface area contributed by atoms with Crippen LogP contribution in [0.2, 0.25) is 0 Å². The average Bonchev–Trinajstić information content (AvgIpc) is 2.79. The van der Waals surface area contributed by atoms with Gasteiger partial charge in [0.15, 0.2) is 0 Å². The zero-order chi connectivity index (χ0) is 21.9. The van der Waals surface area contributed by atoms with Gasteiger partial charge in [-0.3, -0.25) is 9.78 Å². The van der Waals surface area contributed by atoms with Crippen LogP contribution in [0, 0.1) is 11.6 Å². The number of aromatic nitrogens is 1. The Hall–Kier alpha value is -3.60. The maximum atomic E-state index is 13.3. The van der Waals surface area contributed by atoms with Crippen LogP contribution in [0.15, 0.2) is 91.3 Å². The molecule has 1 amide bonds. The highest BCUT2D eigenvalue weighted by Gasteiger charge is 2.05. The number of rotatable bonds is 9. The number of carbonyl (C=O) groups is 1. The number of carbonyl (C=O) groups excluding carboxylic acids is 1. The Morgan fingerprint density at radius 3 is 2.13 bits per heavy atom. The van der Waals surface area contributed by atoms with Crippen molar-refractivity contribution in [2.75, 3.05) is 6.54 Å². The molecule has 158 valence electrons. The first kappa shape index (κ1) is 22.1. The quantitative estimate of drug-likeness (QED) is 0.284. The maximum Gasteiger partial charge on any atom is 0.243 e. The summed E-state index contributed by atoms with van der Waals surface area (Å²) < 4.78 is 26.6. The van der Waals surface area contributed by atoms with Crippen molar-refractivity contribution < 1.29 is 13.6 Å². The second-order valence-electron chi connectivity index (χ2n) is 7.06. The first-order valence-corrected chi connectivity index (χ1v) is 10.2. The highest BCUT2D eigenvalue weighted by atomic mass is 19.1. The predicted molar refractivity (Wildman–Crippen MR) is 119 cm³/mol. The zero-order valence-corrected chi connectivity index (χ0v) is 17.1. The minimum absolute atomic E-state index is 0.185. The lowest BCUT2D eigenvalue weighted by Gasteiger charge is -2.08. The topological polar surface area (TPSA) is 42.0 Å². The lowest BCUT2D eigenvalue weighted by atomic mass is 9.97. The standard InChI is InChI=1S/C26H24F2N2O/c27-23-13-9-21(10-14-23)25(22-11-15-24(28)16-12-22)7-3-8-26(31)30-18-2-1-5-20-6-4-17-29-19-20/h3-4,6-17,19H,1-2,5,18H2,(H,30,31). The number of hydrogen-bond acceptors (Lipinski definition) is 2. The van der Waals surface area contributed by atoms with E-state index >= 15 is 0 Å². The molecule has 0 radical (unpaired) electrons. The largest absolute Gasteiger partial charge is 0.353 e. The Kier molecular flexibility index (Phi) is 8.23. The van der Waals surface area contributed by atoms with E-state index < -0.39 is 0 Å². The second kappa shape index (κ2) is 11.6. The molecule has 1 heterocycles. The lowest BCUT2D eigenvalue weighted by Crippen LogP contribution is -2.22. The number of nitrogens with one attached hydrogen (secondary N) is 1. The Morgan fingerprint density at radius 1 is 0.903 bits per heavy atom. The van der Waals surface area contributed by atoms with Gasteiger partial charge in [0.05, 0.1) is 0 Å². The SMILES string of the molecule is O=C(C=CC=C(c1ccc(F)cc1)c1ccc(F)cc1)NCCCCc1cccnc1. The van der Waals surface area contributed by atoms with E-state index in [9.17, 15) is 13.6 Å². The van der Waals surface area contributed by atoms with Crippen LogP contribution in [-0.2, 0) is 11.2 Å². The van der Waals surface area contributed by atoms with Gasteiger partial charge in [0.25, 0.3) is 0 Å². The van der Waals surface area contributed by atoms with Crippen molar-refractivity contribution in [2.45, 2.75) is 19.3 Å². The fourth-order valence-corrected chi connectivity index (χ4v) is 3.12. The predicted octanol–water partition coefficient (Wildman–Crippen LogP) is 5.49. The fourth-order valence-electron chi connectivity index (χ4n) is 3.12. The molecule has 0 aliphatic carbocycles. The number of aryl methyl sites for hydroxylation is 1. The molecule has 0 aliphatic rings. The third-order valence-corrected chi connectivity index (χ3v) is 4.74. The highest BCUT2D eigenvalue weighted by molar-refractivity contribution is 5.89. The highest BCUT2D eigenvalue weighted by Crippen LogP contribution is 2.24. The van der Waals surface area contributed by atoms with Gasteiger partial charge >= 0.3 is 0 Å². The van der Waals surface area contributed by atoms with Gasteiger partial charge in [-0.2, -0.15) is 0 Å². The molecule has 5 heteroatoms. The van der Waals surface area contributed by atoms with Gasteiger partial charge in [-0.25, -0.2) is 8.78 Å². The molecule has 0 bridgehead atoms. The summed E-state index contributed by atoms with van der Waals surface area (Å²) in [6, 6.07) is 16.1. The number of amides is 1. The van der Waals surface area contributed by atoms with E-state index in [1.54, 1.807) is 42.6 Å². The fraction of sp³-hybridized carbons (Fsp3) is 0.154. The van der Waals surface area contributed by atoms with E-state index in [1.165, 1.54) is 35.9 Å². The summed E-state index contributed by atoms with van der Waals surface area (Å²) in [7, 11) is 0. The van der Waals surface area contributed by atoms with Gasteiger partial charge in [-0.15, -0.1) is 0 Å². The van der Waals surface area contributed by atoms with E-state index in [0.29, 0.717) is 6.54 Å². The van der Waals surface area contributed by atoms with Crippen LogP contribution in [-0.4, -0.2) is 17.4 Å². The molecule has 31 heavy (non-hydrogen) atoms. The van der Waals surface area contributed by atoms with Crippen LogP contribution in [0.4, 0.5) is 8.78 Å². The zero-order valence-electron chi connectivity index (χ0n) is 17.1. The number of benzene rings is 2. The smallest absolute Gasteiger partial charge is 0.243 e. The van der Waals surface area contributed by atoms with Crippen molar-refractivity contribution in [1.29, 1.82) is 0 Å². The molecule has 3 nitrogen and oxygen atoms in total. The minimum atomic E-state index is -0.333. The molecular weight excluding hydrogens is 394 g/mol. The summed E-state index contributed by atoms with van der Waals surface area (Å²) in [4.78, 5) is 16.2. The number of pyridine rings is 1. The minimum Gasteiger partial charge on any atom is -0.353 e. The molecule has 1 N–H and O–H groups in total. The van der Waals surface area contributed by atoms with Gasteiger partial charge in [0.2, 0.25) is 5.91 Å². The molecule has 0 spiro atoms. The number of hydrogen-bond donors (Lipinski definition) is 1. The maximum absolute atomic E-state index is 13.3. The van der Waals surface area contributed by atoms with Gasteiger partial charge in [0.1, 0.15) is 11.6 Å². The first-order chi connectivity index (χ1) is 15.1. The third-order valence-electron chi connectivity index (χ3n) is 4.74. The van der Waals surface area contributed by atoms with E-state index in [2.05, 4.69) is 10.3 Å². The van der Waals surface area contributed by atoms with Crippen LogP contribution in [0.5, 0.6) is 0 Å². The molecule has 0 saturated carbocycles. The van der Waals surface area contributed by atoms with Gasteiger partial charge in [-0.1, -0.05) is 42.5 Å². The van der Waals surface area contributed by atoms with Gasteiger partial charge in [0, 0.05) is 25.0 Å². The van der Waals surface area contributed by atoms with E-state index in [4.69, 9.17) is 0 Å². The lowest BCUT2D eigenvalue weighted by molar-refractivity contribution is -0.116. The molecule has 2 aromatic carbocycles. The molecule has 0 atom stereocenters. The molecule has 3 rings (SSSR count). The molecule has 3 aromatic rings. The summed E-state index contributed by atoms with van der Waals surface area (Å²) in [5.41, 5.74) is 3.50. The van der Waals surface area contributed by atoms with Crippen LogP contribution in [0.25, 0.3) is 5.57 Å². The van der Waals surface area contributed by atoms with Crippen LogP contribution in [0.3, 0.4) is 0 Å². The molecular formula is C26H24F2N2O. The molecule has 0 unspecified atom stereocenters. The van der Waals surface area contributed by atoms with Crippen molar-refractivity contribution in [3.63, 3.8) is 0 Å². The Labute approximate surface area is 181 Å². The molecule has 1 aromatic heterocycles. The first-order valence-electron chi connectivity index (χ1n) is 10.2. The average molecular weight is 418 g/mol. The molecule has 0 saturated heterocycles. The Balaban J connectivity index is 1.56. The Morgan fingerprint density at radius 2 is 1.55 bits per heavy atom. The summed E-state index contributed by atoms with van der Waals surface area (Å²) in [5, 5.41) is 2.87. The number of allylic oxidation sites excluding steroid dienone is 2. The van der Waals surface area contributed by atoms with Crippen molar-refractivity contribution >= 4 is 11.5 Å². The van der Waals surface area contributed by atoms with E-state index in [0.717, 1.165) is 36.0 Å². The van der Waals surface area contributed by atoms with Gasteiger partial charge < -0.3 is 5.32 Å². The molecule has 0 aliphatic heterocycles. The monoisotopic (exact) mass is 418 g/mol. The van der Waals surface area contributed by atoms with Crippen LogP contribution >= 0.6 is 0 Å². The second-order valence-corrected chi connectivity index (χ2v) is 7.06. The Bertz CT molecular complexity index is 980. The summed E-state index contributed by atoms with van der Waals surface area (Å²) in [6.07, 6.45) is 11.2. The van der Waals surface area contributed by atoms with Gasteiger partial charge in [-0.05, 0) is 71.9 Å². The van der Waals surface area contributed by atoms with E-state index in [-0.39, 0.29) is 17.5 Å². The third kappa shape index (κ3) is 7.30. The summed E-state index contributed by atoms with van der Waals surface area (Å²) >= 11 is 0. The van der Waals surface area contributed by atoms with E-state index in [1.807, 2.05) is 18.3 Å². The number of halogens is 2. The normalized spacial score (nSPS) is 10.8. The number of unbranched alkanes of at least 4 members (excludes halogenated alkanes) is 1. The van der Waals surface area contributed by atoms with Crippen LogP contribution in [0.1, 0.15) is 29.5 Å².